The maximum atomic E-state index is 12.9. The predicted octanol–water partition coefficient (Wildman–Crippen LogP) is 4.13. The summed E-state index contributed by atoms with van der Waals surface area (Å²) in [6.07, 6.45) is 3.38. The second-order valence-electron chi connectivity index (χ2n) is 6.24. The lowest BCUT2D eigenvalue weighted by molar-refractivity contribution is 0.102. The number of aryl methyl sites for hydroxylation is 3. The number of benzene rings is 2. The van der Waals surface area contributed by atoms with Crippen LogP contribution in [-0.2, 0) is 19.4 Å². The molecule has 1 amide bonds. The molecular formula is C20H17BrN2O2. The summed E-state index contributed by atoms with van der Waals surface area (Å²) >= 11 is 3.47. The Kier molecular flexibility index (Phi) is 3.96. The molecule has 3 aromatic rings. The van der Waals surface area contributed by atoms with Crippen LogP contribution >= 0.6 is 15.9 Å². The highest BCUT2D eigenvalue weighted by Crippen LogP contribution is 2.28. The summed E-state index contributed by atoms with van der Waals surface area (Å²) in [5.74, 6) is -0.357. The first-order chi connectivity index (χ1) is 12.1. The van der Waals surface area contributed by atoms with Crippen LogP contribution in [0, 0.1) is 0 Å². The quantitative estimate of drug-likeness (QED) is 0.723. The molecule has 1 aromatic heterocycles. The number of para-hydroxylation sites is 1. The summed E-state index contributed by atoms with van der Waals surface area (Å²) in [7, 11) is 0. The molecule has 1 aliphatic heterocycles. The van der Waals surface area contributed by atoms with Crippen LogP contribution in [0.3, 0.4) is 0 Å². The average Bonchev–Trinajstić information content (AvgIpc) is 3.01. The minimum atomic E-state index is -0.357. The van der Waals surface area contributed by atoms with Crippen molar-refractivity contribution in [3.05, 3.63) is 74.0 Å². The average molecular weight is 397 g/mol. The molecule has 0 fully saturated rings. The Labute approximate surface area is 153 Å². The van der Waals surface area contributed by atoms with Crippen LogP contribution in [-0.4, -0.2) is 10.5 Å². The van der Waals surface area contributed by atoms with Gasteiger partial charge in [-0.05, 0) is 42.2 Å². The molecule has 1 aliphatic rings. The van der Waals surface area contributed by atoms with Crippen molar-refractivity contribution in [1.29, 1.82) is 0 Å². The Bertz CT molecular complexity index is 1070. The van der Waals surface area contributed by atoms with Gasteiger partial charge in [-0.1, -0.05) is 41.1 Å². The molecule has 4 rings (SSSR count). The third kappa shape index (κ3) is 2.68. The monoisotopic (exact) mass is 396 g/mol. The topological polar surface area (TPSA) is 51.1 Å². The molecule has 0 saturated heterocycles. The van der Waals surface area contributed by atoms with Gasteiger partial charge in [-0.25, -0.2) is 0 Å². The lowest BCUT2D eigenvalue weighted by atomic mass is 10.1. The van der Waals surface area contributed by atoms with Crippen LogP contribution < -0.4 is 10.7 Å². The fourth-order valence-electron chi connectivity index (χ4n) is 3.50. The van der Waals surface area contributed by atoms with Crippen molar-refractivity contribution in [2.24, 2.45) is 0 Å². The van der Waals surface area contributed by atoms with Gasteiger partial charge < -0.3 is 9.88 Å². The van der Waals surface area contributed by atoms with Crippen LogP contribution in [0.25, 0.3) is 10.9 Å². The van der Waals surface area contributed by atoms with E-state index in [4.69, 9.17) is 0 Å². The van der Waals surface area contributed by atoms with Gasteiger partial charge in [0.05, 0.1) is 5.52 Å². The zero-order valence-corrected chi connectivity index (χ0v) is 15.4. The van der Waals surface area contributed by atoms with E-state index in [1.165, 1.54) is 0 Å². The van der Waals surface area contributed by atoms with Crippen LogP contribution in [0.2, 0.25) is 0 Å². The molecule has 0 spiro atoms. The van der Waals surface area contributed by atoms with Gasteiger partial charge in [0.15, 0.2) is 0 Å². The van der Waals surface area contributed by atoms with Gasteiger partial charge in [0, 0.05) is 28.3 Å². The normalized spacial score (nSPS) is 12.6. The van der Waals surface area contributed by atoms with Crippen molar-refractivity contribution in [1.82, 2.24) is 4.57 Å². The standard InChI is InChI=1S/C20H17BrN2O2/c1-2-12-5-3-4-6-17(12)22-20(25)16-11-23-8-7-13-9-14(21)10-15(18(13)23)19(16)24/h3-6,9-11H,2,7-8H2,1H3,(H,22,25). The molecule has 4 nitrogen and oxygen atoms in total. The SMILES string of the molecule is CCc1ccccc1NC(=O)c1cn2c3c(cc(Br)cc3c1=O)CC2. The van der Waals surface area contributed by atoms with Crippen LogP contribution in [0.4, 0.5) is 5.69 Å². The van der Waals surface area contributed by atoms with Gasteiger partial charge in [0.1, 0.15) is 5.56 Å². The highest BCUT2D eigenvalue weighted by Gasteiger charge is 2.21. The highest BCUT2D eigenvalue weighted by molar-refractivity contribution is 9.10. The van der Waals surface area contributed by atoms with Crippen LogP contribution in [0.5, 0.6) is 0 Å². The largest absolute Gasteiger partial charge is 0.346 e. The van der Waals surface area contributed by atoms with E-state index in [9.17, 15) is 9.59 Å². The lowest BCUT2D eigenvalue weighted by Gasteiger charge is -2.12. The number of anilines is 1. The summed E-state index contributed by atoms with van der Waals surface area (Å²) in [6.45, 7) is 2.82. The van der Waals surface area contributed by atoms with E-state index in [-0.39, 0.29) is 16.9 Å². The van der Waals surface area contributed by atoms with E-state index >= 15 is 0 Å². The molecule has 0 aliphatic carbocycles. The van der Waals surface area contributed by atoms with Crippen LogP contribution in [0.15, 0.2) is 51.9 Å². The summed E-state index contributed by atoms with van der Waals surface area (Å²) < 4.78 is 2.88. The fraction of sp³-hybridized carbons (Fsp3) is 0.200. The Morgan fingerprint density at radius 1 is 1.28 bits per heavy atom. The summed E-state index contributed by atoms with van der Waals surface area (Å²) in [6, 6.07) is 11.5. The Morgan fingerprint density at radius 2 is 2.08 bits per heavy atom. The molecule has 5 heteroatoms. The fourth-order valence-corrected chi connectivity index (χ4v) is 4.01. The highest BCUT2D eigenvalue weighted by atomic mass is 79.9. The molecule has 1 N–H and O–H groups in total. The third-order valence-electron chi connectivity index (χ3n) is 4.73. The number of aromatic nitrogens is 1. The number of carbonyl (C=O) groups excluding carboxylic acids is 1. The second-order valence-corrected chi connectivity index (χ2v) is 7.16. The Hall–Kier alpha value is -2.40. The molecule has 0 radical (unpaired) electrons. The van der Waals surface area contributed by atoms with Gasteiger partial charge in [0.25, 0.3) is 5.91 Å². The maximum Gasteiger partial charge on any atom is 0.261 e. The molecule has 0 unspecified atom stereocenters. The Morgan fingerprint density at radius 3 is 2.88 bits per heavy atom. The number of halogens is 1. The molecule has 2 aromatic carbocycles. The number of hydrogen-bond acceptors (Lipinski definition) is 2. The minimum Gasteiger partial charge on any atom is -0.346 e. The van der Waals surface area contributed by atoms with Crippen LogP contribution in [0.1, 0.15) is 28.4 Å². The third-order valence-corrected chi connectivity index (χ3v) is 5.19. The Balaban J connectivity index is 1.82. The summed E-state index contributed by atoms with van der Waals surface area (Å²) in [5.41, 5.74) is 3.85. The van der Waals surface area contributed by atoms with E-state index in [0.29, 0.717) is 5.39 Å². The number of hydrogen-bond donors (Lipinski definition) is 1. The zero-order valence-electron chi connectivity index (χ0n) is 13.8. The van der Waals surface area contributed by atoms with E-state index in [0.717, 1.165) is 46.2 Å². The van der Waals surface area contributed by atoms with E-state index in [2.05, 4.69) is 21.2 Å². The first-order valence-corrected chi connectivity index (χ1v) is 9.12. The maximum absolute atomic E-state index is 12.9. The van der Waals surface area contributed by atoms with E-state index < -0.39 is 0 Å². The van der Waals surface area contributed by atoms with E-state index in [1.54, 1.807) is 12.3 Å². The van der Waals surface area contributed by atoms with Gasteiger partial charge in [0.2, 0.25) is 5.43 Å². The molecule has 0 atom stereocenters. The smallest absolute Gasteiger partial charge is 0.261 e. The van der Waals surface area contributed by atoms with Gasteiger partial charge in [-0.2, -0.15) is 0 Å². The molecule has 2 heterocycles. The molecular weight excluding hydrogens is 380 g/mol. The first-order valence-electron chi connectivity index (χ1n) is 8.33. The minimum absolute atomic E-state index is 0.185. The van der Waals surface area contributed by atoms with Crippen molar-refractivity contribution in [2.45, 2.75) is 26.3 Å². The number of nitrogens with one attached hydrogen (secondary N) is 1. The lowest BCUT2D eigenvalue weighted by Crippen LogP contribution is -2.23. The van der Waals surface area contributed by atoms with Gasteiger partial charge in [-0.3, -0.25) is 9.59 Å². The summed E-state index contributed by atoms with van der Waals surface area (Å²) in [4.78, 5) is 25.7. The number of amides is 1. The first kappa shape index (κ1) is 16.1. The predicted molar refractivity (Wildman–Crippen MR) is 103 cm³/mol. The molecule has 25 heavy (non-hydrogen) atoms. The summed E-state index contributed by atoms with van der Waals surface area (Å²) in [5, 5.41) is 3.50. The molecule has 0 saturated carbocycles. The van der Waals surface area contributed by atoms with Crippen molar-refractivity contribution in [2.75, 3.05) is 5.32 Å². The number of rotatable bonds is 3. The zero-order chi connectivity index (χ0) is 17.6. The van der Waals surface area contributed by atoms with Crippen molar-refractivity contribution in [3.8, 4) is 0 Å². The molecule has 0 bridgehead atoms. The number of carbonyl (C=O) groups is 1. The van der Waals surface area contributed by atoms with E-state index in [1.807, 2.05) is 41.8 Å². The number of pyridine rings is 1. The van der Waals surface area contributed by atoms with Gasteiger partial charge in [-0.15, -0.1) is 0 Å². The van der Waals surface area contributed by atoms with Crippen molar-refractivity contribution < 1.29 is 4.79 Å². The second kappa shape index (κ2) is 6.15. The van der Waals surface area contributed by atoms with Crippen molar-refractivity contribution in [3.63, 3.8) is 0 Å². The van der Waals surface area contributed by atoms with Crippen molar-refractivity contribution >= 4 is 38.4 Å². The van der Waals surface area contributed by atoms with Gasteiger partial charge >= 0.3 is 0 Å². The number of nitrogens with zero attached hydrogens (tertiary/aromatic N) is 1. The molecule has 126 valence electrons.